The molecule has 0 amide bonds. The van der Waals surface area contributed by atoms with Crippen molar-refractivity contribution in [3.8, 4) is 0 Å². The number of allylic oxidation sites excluding steroid dienone is 1. The Bertz CT molecular complexity index is 774. The van der Waals surface area contributed by atoms with E-state index in [4.69, 9.17) is 0 Å². The first-order chi connectivity index (χ1) is 11.6. The summed E-state index contributed by atoms with van der Waals surface area (Å²) in [5, 5.41) is 0. The number of hydrogen-bond acceptors (Lipinski definition) is 1. The molecule has 1 saturated heterocycles. The lowest BCUT2D eigenvalue weighted by molar-refractivity contribution is 0.312. The molecule has 0 N–H and O–H groups in total. The van der Waals surface area contributed by atoms with Gasteiger partial charge in [-0.15, -0.1) is 0 Å². The van der Waals surface area contributed by atoms with Gasteiger partial charge in [0.15, 0.2) is 0 Å². The molecular formula is C23H27N. The van der Waals surface area contributed by atoms with Gasteiger partial charge in [-0.25, -0.2) is 0 Å². The Morgan fingerprint density at radius 2 is 1.58 bits per heavy atom. The van der Waals surface area contributed by atoms with E-state index in [2.05, 4.69) is 74.3 Å². The smallest absolute Gasteiger partial charge is 0.0220 e. The lowest BCUT2D eigenvalue weighted by Gasteiger charge is -2.33. The van der Waals surface area contributed by atoms with Gasteiger partial charge in [-0.1, -0.05) is 66.6 Å². The number of nitrogens with zero attached hydrogens (tertiary/aromatic N) is 1. The molecule has 4 rings (SSSR count). The molecule has 2 aromatic carbocycles. The third-order valence-corrected chi connectivity index (χ3v) is 6.02. The summed E-state index contributed by atoms with van der Waals surface area (Å²) in [6, 6.07) is 18.3. The molecule has 124 valence electrons. The van der Waals surface area contributed by atoms with Crippen LogP contribution in [-0.2, 0) is 11.8 Å². The van der Waals surface area contributed by atoms with Crippen molar-refractivity contribution in [1.82, 2.24) is 4.90 Å². The Kier molecular flexibility index (Phi) is 3.85. The summed E-state index contributed by atoms with van der Waals surface area (Å²) >= 11 is 0. The van der Waals surface area contributed by atoms with E-state index < -0.39 is 0 Å². The van der Waals surface area contributed by atoms with E-state index in [9.17, 15) is 0 Å². The predicted molar refractivity (Wildman–Crippen MR) is 102 cm³/mol. The molecule has 1 nitrogen and oxygen atoms in total. The van der Waals surface area contributed by atoms with Gasteiger partial charge >= 0.3 is 0 Å². The van der Waals surface area contributed by atoms with Crippen molar-refractivity contribution in [1.29, 1.82) is 0 Å². The molecule has 1 heterocycles. The molecule has 0 spiro atoms. The van der Waals surface area contributed by atoms with Crippen molar-refractivity contribution in [3.63, 3.8) is 0 Å². The van der Waals surface area contributed by atoms with Crippen molar-refractivity contribution in [2.75, 3.05) is 20.1 Å². The number of hydrogen-bond donors (Lipinski definition) is 0. The molecule has 1 heteroatoms. The van der Waals surface area contributed by atoms with Crippen LogP contribution in [0.2, 0.25) is 0 Å². The minimum absolute atomic E-state index is 0.114. The van der Waals surface area contributed by atoms with E-state index in [1.807, 2.05) is 0 Å². The molecule has 1 fully saturated rings. The van der Waals surface area contributed by atoms with Crippen molar-refractivity contribution < 1.29 is 0 Å². The molecule has 0 saturated carbocycles. The first kappa shape index (κ1) is 15.7. The van der Waals surface area contributed by atoms with Crippen LogP contribution < -0.4 is 0 Å². The average molecular weight is 317 g/mol. The van der Waals surface area contributed by atoms with Crippen LogP contribution in [0.5, 0.6) is 0 Å². The van der Waals surface area contributed by atoms with Gasteiger partial charge in [-0.2, -0.15) is 0 Å². The molecule has 0 bridgehead atoms. The van der Waals surface area contributed by atoms with E-state index >= 15 is 0 Å². The van der Waals surface area contributed by atoms with E-state index in [1.165, 1.54) is 48.2 Å². The average Bonchev–Trinajstić information content (AvgIpc) is 2.89. The fourth-order valence-corrected chi connectivity index (χ4v) is 4.57. The molecule has 2 aromatic rings. The number of aryl methyl sites for hydroxylation is 1. The minimum atomic E-state index is 0.114. The maximum atomic E-state index is 2.46. The third kappa shape index (κ3) is 2.52. The van der Waals surface area contributed by atoms with Crippen LogP contribution in [0.3, 0.4) is 0 Å². The van der Waals surface area contributed by atoms with E-state index in [0.717, 1.165) is 6.42 Å². The number of rotatable bonds is 1. The van der Waals surface area contributed by atoms with Crippen LogP contribution in [0, 0.1) is 6.92 Å². The highest BCUT2D eigenvalue weighted by Gasteiger charge is 2.40. The topological polar surface area (TPSA) is 3.24 Å². The van der Waals surface area contributed by atoms with Crippen LogP contribution in [-0.4, -0.2) is 25.0 Å². The largest absolute Gasteiger partial charge is 0.306 e. The second-order valence-corrected chi connectivity index (χ2v) is 7.81. The van der Waals surface area contributed by atoms with Gasteiger partial charge in [0, 0.05) is 18.5 Å². The molecule has 1 unspecified atom stereocenters. The Balaban J connectivity index is 1.87. The van der Waals surface area contributed by atoms with Gasteiger partial charge in [0.1, 0.15) is 0 Å². The summed E-state index contributed by atoms with van der Waals surface area (Å²) < 4.78 is 0. The maximum absolute atomic E-state index is 2.46. The number of likely N-dealkylation sites (tertiary alicyclic amines) is 1. The van der Waals surface area contributed by atoms with Gasteiger partial charge < -0.3 is 4.90 Å². The van der Waals surface area contributed by atoms with Crippen molar-refractivity contribution in [2.45, 2.75) is 38.5 Å². The summed E-state index contributed by atoms with van der Waals surface area (Å²) in [5.74, 6) is 0. The molecule has 1 atom stereocenters. The zero-order valence-corrected chi connectivity index (χ0v) is 15.1. The minimum Gasteiger partial charge on any atom is -0.306 e. The molecule has 24 heavy (non-hydrogen) atoms. The van der Waals surface area contributed by atoms with Crippen LogP contribution in [0.4, 0.5) is 0 Å². The lowest BCUT2D eigenvalue weighted by Crippen LogP contribution is -2.29. The van der Waals surface area contributed by atoms with Gasteiger partial charge in [0.2, 0.25) is 0 Å². The normalized spacial score (nSPS) is 24.3. The van der Waals surface area contributed by atoms with Crippen LogP contribution >= 0.6 is 0 Å². The second kappa shape index (κ2) is 5.89. The monoisotopic (exact) mass is 317 g/mol. The highest BCUT2D eigenvalue weighted by atomic mass is 15.1. The standard InChI is InChI=1S/C23H27N/c1-17-8-10-20(11-9-17)23(2)16-19-6-4-5-7-21(19)22(23)18-12-14-24(3)15-13-18/h4-11H,12-16H2,1-3H3. The molecule has 0 radical (unpaired) electrons. The zero-order valence-electron chi connectivity index (χ0n) is 15.1. The van der Waals surface area contributed by atoms with Crippen molar-refractivity contribution in [2.24, 2.45) is 0 Å². The van der Waals surface area contributed by atoms with Gasteiger partial charge in [0.05, 0.1) is 0 Å². The summed E-state index contributed by atoms with van der Waals surface area (Å²) in [5.41, 5.74) is 9.23. The zero-order chi connectivity index (χ0) is 16.7. The van der Waals surface area contributed by atoms with E-state index in [0.29, 0.717) is 0 Å². The Hall–Kier alpha value is -1.86. The van der Waals surface area contributed by atoms with E-state index in [1.54, 1.807) is 11.1 Å². The van der Waals surface area contributed by atoms with Gasteiger partial charge in [-0.3, -0.25) is 0 Å². The number of benzene rings is 2. The summed E-state index contributed by atoms with van der Waals surface area (Å²) in [6.45, 7) is 7.00. The van der Waals surface area contributed by atoms with Crippen molar-refractivity contribution in [3.05, 3.63) is 76.4 Å². The lowest BCUT2D eigenvalue weighted by atomic mass is 9.73. The van der Waals surface area contributed by atoms with Crippen LogP contribution in [0.1, 0.15) is 42.0 Å². The number of piperidine rings is 1. The molecule has 1 aliphatic carbocycles. The second-order valence-electron chi connectivity index (χ2n) is 7.81. The van der Waals surface area contributed by atoms with E-state index in [-0.39, 0.29) is 5.41 Å². The molecule has 0 aromatic heterocycles. The third-order valence-electron chi connectivity index (χ3n) is 6.02. The first-order valence-electron chi connectivity index (χ1n) is 9.14. The maximum Gasteiger partial charge on any atom is 0.0220 e. The number of fused-ring (bicyclic) bond motifs is 1. The fourth-order valence-electron chi connectivity index (χ4n) is 4.57. The van der Waals surface area contributed by atoms with Crippen molar-refractivity contribution >= 4 is 5.57 Å². The summed E-state index contributed by atoms with van der Waals surface area (Å²) in [7, 11) is 2.24. The highest BCUT2D eigenvalue weighted by Crippen LogP contribution is 2.51. The SMILES string of the molecule is Cc1ccc(C2(C)Cc3ccccc3C2=C2CCN(C)CC2)cc1. The summed E-state index contributed by atoms with van der Waals surface area (Å²) in [6.07, 6.45) is 3.55. The fraction of sp³-hybridized carbons (Fsp3) is 0.391. The summed E-state index contributed by atoms with van der Waals surface area (Å²) in [4.78, 5) is 2.45. The highest BCUT2D eigenvalue weighted by molar-refractivity contribution is 5.84. The van der Waals surface area contributed by atoms with Gasteiger partial charge in [0.25, 0.3) is 0 Å². The quantitative estimate of drug-likeness (QED) is 0.716. The Morgan fingerprint density at radius 3 is 2.29 bits per heavy atom. The Morgan fingerprint density at radius 1 is 0.917 bits per heavy atom. The predicted octanol–water partition coefficient (Wildman–Crippen LogP) is 4.99. The molecule has 1 aliphatic heterocycles. The first-order valence-corrected chi connectivity index (χ1v) is 9.14. The molecular weight excluding hydrogens is 290 g/mol. The Labute approximate surface area is 146 Å². The van der Waals surface area contributed by atoms with Crippen LogP contribution in [0.15, 0.2) is 54.1 Å². The molecule has 2 aliphatic rings. The van der Waals surface area contributed by atoms with Crippen LogP contribution in [0.25, 0.3) is 5.57 Å². The van der Waals surface area contributed by atoms with Gasteiger partial charge in [-0.05, 0) is 55.5 Å².